The van der Waals surface area contributed by atoms with Gasteiger partial charge in [0.05, 0.1) is 16.7 Å². The van der Waals surface area contributed by atoms with Crippen molar-refractivity contribution in [2.24, 2.45) is 0 Å². The van der Waals surface area contributed by atoms with Gasteiger partial charge in [-0.05, 0) is 33.8 Å². The van der Waals surface area contributed by atoms with Crippen LogP contribution in [-0.4, -0.2) is 22.2 Å². The maximum absolute atomic E-state index is 11.8. The van der Waals surface area contributed by atoms with Gasteiger partial charge >= 0.3 is 5.63 Å². The molecule has 0 unspecified atom stereocenters. The van der Waals surface area contributed by atoms with Crippen LogP contribution in [0.1, 0.15) is 38.1 Å². The van der Waals surface area contributed by atoms with Crippen molar-refractivity contribution >= 4 is 5.91 Å². The molecule has 17 heavy (non-hydrogen) atoms. The molecule has 0 bridgehead atoms. The molecular weight excluding hydrogens is 222 g/mol. The lowest BCUT2D eigenvalue weighted by Crippen LogP contribution is -2.57. The first-order valence-electron chi connectivity index (χ1n) is 5.27. The summed E-state index contributed by atoms with van der Waals surface area (Å²) >= 11 is 0. The van der Waals surface area contributed by atoms with Gasteiger partial charge in [-0.25, -0.2) is 4.79 Å². The number of hydrogen-bond acceptors (Lipinski definition) is 4. The van der Waals surface area contributed by atoms with E-state index in [1.807, 2.05) is 0 Å². The molecule has 0 saturated heterocycles. The first-order chi connectivity index (χ1) is 7.63. The fourth-order valence-electron chi connectivity index (χ4n) is 0.996. The second-order valence-corrected chi connectivity index (χ2v) is 4.98. The lowest BCUT2D eigenvalue weighted by molar-refractivity contribution is -0.00297. The van der Waals surface area contributed by atoms with Crippen LogP contribution in [0.25, 0.3) is 0 Å². The third-order valence-electron chi connectivity index (χ3n) is 2.92. The van der Waals surface area contributed by atoms with Crippen LogP contribution in [0.5, 0.6) is 0 Å². The molecule has 0 atom stereocenters. The monoisotopic (exact) mass is 239 g/mol. The topological polar surface area (TPSA) is 79.5 Å². The van der Waals surface area contributed by atoms with Crippen molar-refractivity contribution in [3.05, 3.63) is 34.4 Å². The predicted molar refractivity (Wildman–Crippen MR) is 62.8 cm³/mol. The lowest BCUT2D eigenvalue weighted by Gasteiger charge is -2.37. The van der Waals surface area contributed by atoms with E-state index >= 15 is 0 Å². The Kier molecular flexibility index (Phi) is 3.43. The summed E-state index contributed by atoms with van der Waals surface area (Å²) in [6.45, 7) is 6.64. The second-order valence-electron chi connectivity index (χ2n) is 4.98. The normalized spacial score (nSPS) is 12.3. The highest BCUT2D eigenvalue weighted by atomic mass is 16.4. The molecule has 0 aromatic carbocycles. The molecule has 1 rings (SSSR count). The Hall–Kier alpha value is -1.62. The highest BCUT2D eigenvalue weighted by molar-refractivity contribution is 5.94. The van der Waals surface area contributed by atoms with Gasteiger partial charge in [-0.3, -0.25) is 4.79 Å². The predicted octanol–water partition coefficient (Wildman–Crippen LogP) is 0.919. The van der Waals surface area contributed by atoms with Gasteiger partial charge in [0, 0.05) is 6.07 Å². The molecule has 5 nitrogen and oxygen atoms in total. The molecule has 1 aromatic rings. The van der Waals surface area contributed by atoms with Crippen molar-refractivity contribution in [1.29, 1.82) is 0 Å². The van der Waals surface area contributed by atoms with E-state index in [-0.39, 0.29) is 5.56 Å². The molecule has 0 aliphatic heterocycles. The number of nitrogens with one attached hydrogen (secondary N) is 1. The minimum Gasteiger partial charge on any atom is -0.430 e. The molecule has 0 aliphatic rings. The standard InChI is InChI=1S/C12H17NO4/c1-11(2,12(3,4)16)13-10(15)8-5-6-9(14)17-7-8/h5-7,16H,1-4H3,(H,13,15). The SMILES string of the molecule is CC(C)(O)C(C)(C)NC(=O)c1ccc(=O)oc1. The van der Waals surface area contributed by atoms with E-state index in [1.54, 1.807) is 27.7 Å². The third-order valence-corrected chi connectivity index (χ3v) is 2.92. The molecule has 0 fully saturated rings. The van der Waals surface area contributed by atoms with Crippen molar-refractivity contribution in [3.63, 3.8) is 0 Å². The van der Waals surface area contributed by atoms with Crippen molar-refractivity contribution < 1.29 is 14.3 Å². The van der Waals surface area contributed by atoms with Gasteiger partial charge in [0.25, 0.3) is 5.91 Å². The van der Waals surface area contributed by atoms with Gasteiger partial charge in [0.1, 0.15) is 6.26 Å². The van der Waals surface area contributed by atoms with Crippen molar-refractivity contribution in [1.82, 2.24) is 5.32 Å². The Balaban J connectivity index is 2.87. The Labute approximate surface area is 99.5 Å². The van der Waals surface area contributed by atoms with Gasteiger partial charge in [-0.15, -0.1) is 0 Å². The molecule has 5 heteroatoms. The van der Waals surface area contributed by atoms with Crippen LogP contribution in [0.4, 0.5) is 0 Å². The first kappa shape index (κ1) is 13.4. The molecule has 1 aromatic heterocycles. The fourth-order valence-corrected chi connectivity index (χ4v) is 0.996. The highest BCUT2D eigenvalue weighted by Gasteiger charge is 2.36. The number of amides is 1. The fraction of sp³-hybridized carbons (Fsp3) is 0.500. The molecule has 0 spiro atoms. The summed E-state index contributed by atoms with van der Waals surface area (Å²) in [5, 5.41) is 12.6. The maximum Gasteiger partial charge on any atom is 0.335 e. The van der Waals surface area contributed by atoms with Gasteiger partial charge in [0.15, 0.2) is 0 Å². The lowest BCUT2D eigenvalue weighted by atomic mass is 9.86. The Morgan fingerprint density at radius 1 is 1.29 bits per heavy atom. The molecule has 1 amide bonds. The third kappa shape index (κ3) is 3.17. The maximum atomic E-state index is 11.8. The summed E-state index contributed by atoms with van der Waals surface area (Å²) in [7, 11) is 0. The van der Waals surface area contributed by atoms with E-state index in [2.05, 4.69) is 9.73 Å². The van der Waals surface area contributed by atoms with Crippen LogP contribution < -0.4 is 10.9 Å². The van der Waals surface area contributed by atoms with Crippen molar-refractivity contribution in [3.8, 4) is 0 Å². The largest absolute Gasteiger partial charge is 0.430 e. The second kappa shape index (κ2) is 4.33. The van der Waals surface area contributed by atoms with E-state index in [4.69, 9.17) is 0 Å². The van der Waals surface area contributed by atoms with Gasteiger partial charge in [-0.2, -0.15) is 0 Å². The summed E-state index contributed by atoms with van der Waals surface area (Å²) < 4.78 is 4.60. The van der Waals surface area contributed by atoms with Crippen LogP contribution >= 0.6 is 0 Å². The van der Waals surface area contributed by atoms with Gasteiger partial charge < -0.3 is 14.8 Å². The van der Waals surface area contributed by atoms with Crippen LogP contribution in [-0.2, 0) is 0 Å². The molecule has 0 saturated carbocycles. The van der Waals surface area contributed by atoms with E-state index in [0.29, 0.717) is 0 Å². The number of aliphatic hydroxyl groups is 1. The summed E-state index contributed by atoms with van der Waals surface area (Å²) in [5.74, 6) is -0.402. The van der Waals surface area contributed by atoms with Crippen molar-refractivity contribution in [2.75, 3.05) is 0 Å². The molecule has 2 N–H and O–H groups in total. The number of rotatable bonds is 3. The Morgan fingerprint density at radius 2 is 1.88 bits per heavy atom. The molecule has 1 heterocycles. The Bertz CT molecular complexity index is 448. The zero-order valence-corrected chi connectivity index (χ0v) is 10.4. The molecule has 94 valence electrons. The van der Waals surface area contributed by atoms with E-state index in [1.165, 1.54) is 12.1 Å². The summed E-state index contributed by atoms with van der Waals surface area (Å²) in [6, 6.07) is 2.55. The summed E-state index contributed by atoms with van der Waals surface area (Å²) in [5.41, 5.74) is -2.15. The highest BCUT2D eigenvalue weighted by Crippen LogP contribution is 2.20. The Morgan fingerprint density at radius 3 is 2.29 bits per heavy atom. The van der Waals surface area contributed by atoms with E-state index in [0.717, 1.165) is 6.26 Å². The average molecular weight is 239 g/mol. The van der Waals surface area contributed by atoms with E-state index < -0.39 is 22.7 Å². The minimum absolute atomic E-state index is 0.238. The average Bonchev–Trinajstić information content (AvgIpc) is 2.16. The molecule has 0 radical (unpaired) electrons. The summed E-state index contributed by atoms with van der Waals surface area (Å²) in [6.07, 6.45) is 1.10. The van der Waals surface area contributed by atoms with Gasteiger partial charge in [0.2, 0.25) is 0 Å². The first-order valence-corrected chi connectivity index (χ1v) is 5.27. The van der Waals surface area contributed by atoms with Crippen molar-refractivity contribution in [2.45, 2.75) is 38.8 Å². The van der Waals surface area contributed by atoms with Crippen LogP contribution in [0.2, 0.25) is 0 Å². The van der Waals surface area contributed by atoms with Crippen LogP contribution in [0.3, 0.4) is 0 Å². The van der Waals surface area contributed by atoms with Gasteiger partial charge in [-0.1, -0.05) is 0 Å². The van der Waals surface area contributed by atoms with Crippen LogP contribution in [0, 0.1) is 0 Å². The molecule has 0 aliphatic carbocycles. The number of carbonyl (C=O) groups excluding carboxylic acids is 1. The number of hydrogen-bond donors (Lipinski definition) is 2. The molecular formula is C12H17NO4. The summed E-state index contributed by atoms with van der Waals surface area (Å²) in [4.78, 5) is 22.6. The van der Waals surface area contributed by atoms with Crippen LogP contribution in [0.15, 0.2) is 27.6 Å². The smallest absolute Gasteiger partial charge is 0.335 e. The quantitative estimate of drug-likeness (QED) is 0.822. The zero-order valence-electron chi connectivity index (χ0n) is 10.4. The zero-order chi connectivity index (χ0) is 13.3. The number of carbonyl (C=O) groups is 1. The minimum atomic E-state index is -1.07. The van der Waals surface area contributed by atoms with E-state index in [9.17, 15) is 14.7 Å².